The molecule has 1 saturated carbocycles. The van der Waals surface area contributed by atoms with Crippen molar-refractivity contribution in [3.05, 3.63) is 29.6 Å². The van der Waals surface area contributed by atoms with Crippen LogP contribution in [0.15, 0.2) is 18.2 Å². The first kappa shape index (κ1) is 15.6. The lowest BCUT2D eigenvalue weighted by Crippen LogP contribution is -2.45. The Morgan fingerprint density at radius 1 is 1.43 bits per heavy atom. The second-order valence-corrected chi connectivity index (χ2v) is 5.37. The number of benzene rings is 1. The molecule has 0 bridgehead atoms. The summed E-state index contributed by atoms with van der Waals surface area (Å²) >= 11 is 0. The molecule has 1 fully saturated rings. The van der Waals surface area contributed by atoms with Gasteiger partial charge in [0.1, 0.15) is 12.4 Å². The molecule has 1 unspecified atom stereocenters. The SMILES string of the molecule is CC(C1CC1)N(CC(F)(F)F)C(=O)c1ccc(N)cc1F. The van der Waals surface area contributed by atoms with Gasteiger partial charge < -0.3 is 10.6 Å². The van der Waals surface area contributed by atoms with Crippen LogP contribution >= 0.6 is 0 Å². The number of anilines is 1. The van der Waals surface area contributed by atoms with Crippen molar-refractivity contribution in [3.8, 4) is 0 Å². The number of nitrogens with zero attached hydrogens (tertiary/aromatic N) is 1. The molecule has 0 radical (unpaired) electrons. The van der Waals surface area contributed by atoms with Gasteiger partial charge in [0, 0.05) is 11.7 Å². The largest absolute Gasteiger partial charge is 0.406 e. The van der Waals surface area contributed by atoms with Gasteiger partial charge in [-0.3, -0.25) is 4.79 Å². The Labute approximate surface area is 119 Å². The summed E-state index contributed by atoms with van der Waals surface area (Å²) in [5, 5.41) is 0. The first-order valence-electron chi connectivity index (χ1n) is 6.62. The molecule has 1 amide bonds. The summed E-state index contributed by atoms with van der Waals surface area (Å²) in [6, 6.07) is 2.77. The van der Waals surface area contributed by atoms with Crippen molar-refractivity contribution in [1.29, 1.82) is 0 Å². The Hall–Kier alpha value is -1.79. The van der Waals surface area contributed by atoms with Gasteiger partial charge in [-0.05, 0) is 43.9 Å². The van der Waals surface area contributed by atoms with Gasteiger partial charge in [-0.25, -0.2) is 4.39 Å². The molecule has 1 aliphatic carbocycles. The van der Waals surface area contributed by atoms with Gasteiger partial charge in [-0.1, -0.05) is 0 Å². The molecule has 0 aromatic heterocycles. The van der Waals surface area contributed by atoms with Crippen LogP contribution in [0.25, 0.3) is 0 Å². The molecule has 116 valence electrons. The topological polar surface area (TPSA) is 46.3 Å². The van der Waals surface area contributed by atoms with Crippen LogP contribution in [-0.2, 0) is 0 Å². The van der Waals surface area contributed by atoms with Gasteiger partial charge in [-0.2, -0.15) is 13.2 Å². The summed E-state index contributed by atoms with van der Waals surface area (Å²) in [6.45, 7) is 0.184. The second kappa shape index (κ2) is 5.54. The van der Waals surface area contributed by atoms with Crippen molar-refractivity contribution in [2.75, 3.05) is 12.3 Å². The van der Waals surface area contributed by atoms with Crippen LogP contribution in [0.5, 0.6) is 0 Å². The number of carbonyl (C=O) groups is 1. The average molecular weight is 304 g/mol. The number of hydrogen-bond acceptors (Lipinski definition) is 2. The number of rotatable bonds is 4. The highest BCUT2D eigenvalue weighted by molar-refractivity contribution is 5.95. The summed E-state index contributed by atoms with van der Waals surface area (Å²) < 4.78 is 51.8. The van der Waals surface area contributed by atoms with E-state index in [1.165, 1.54) is 6.07 Å². The number of alkyl halides is 3. The van der Waals surface area contributed by atoms with Crippen molar-refractivity contribution in [2.45, 2.75) is 32.0 Å². The third kappa shape index (κ3) is 3.86. The normalized spacial score (nSPS) is 16.6. The van der Waals surface area contributed by atoms with Gasteiger partial charge in [-0.15, -0.1) is 0 Å². The molecule has 1 aliphatic rings. The maximum absolute atomic E-state index is 13.8. The summed E-state index contributed by atoms with van der Waals surface area (Å²) in [6.07, 6.45) is -2.96. The maximum atomic E-state index is 13.8. The number of amides is 1. The Balaban J connectivity index is 2.28. The number of halogens is 4. The van der Waals surface area contributed by atoms with E-state index < -0.39 is 30.5 Å². The van der Waals surface area contributed by atoms with Crippen molar-refractivity contribution in [3.63, 3.8) is 0 Å². The maximum Gasteiger partial charge on any atom is 0.406 e. The first-order chi connectivity index (χ1) is 9.69. The second-order valence-electron chi connectivity index (χ2n) is 5.37. The standard InChI is InChI=1S/C14H16F4N2O/c1-8(9-2-3-9)20(7-14(16,17)18)13(21)11-5-4-10(19)6-12(11)15/h4-6,8-9H,2-3,7,19H2,1H3. The smallest absolute Gasteiger partial charge is 0.399 e. The number of carbonyl (C=O) groups excluding carboxylic acids is 1. The highest BCUT2D eigenvalue weighted by atomic mass is 19.4. The van der Waals surface area contributed by atoms with Crippen molar-refractivity contribution >= 4 is 11.6 Å². The molecule has 1 atom stereocenters. The van der Waals surface area contributed by atoms with E-state index in [0.717, 1.165) is 25.0 Å². The van der Waals surface area contributed by atoms with E-state index in [0.29, 0.717) is 4.90 Å². The zero-order chi connectivity index (χ0) is 15.8. The highest BCUT2D eigenvalue weighted by Crippen LogP contribution is 2.36. The van der Waals surface area contributed by atoms with E-state index in [1.54, 1.807) is 6.92 Å². The van der Waals surface area contributed by atoms with Gasteiger partial charge >= 0.3 is 6.18 Å². The third-order valence-corrected chi connectivity index (χ3v) is 3.63. The molecule has 0 heterocycles. The fourth-order valence-electron chi connectivity index (χ4n) is 2.29. The van der Waals surface area contributed by atoms with Crippen molar-refractivity contribution in [1.82, 2.24) is 4.90 Å². The minimum atomic E-state index is -4.52. The van der Waals surface area contributed by atoms with Crippen LogP contribution in [-0.4, -0.2) is 29.6 Å². The zero-order valence-electron chi connectivity index (χ0n) is 11.5. The first-order valence-corrected chi connectivity index (χ1v) is 6.62. The van der Waals surface area contributed by atoms with Crippen LogP contribution < -0.4 is 5.73 Å². The van der Waals surface area contributed by atoms with Crippen LogP contribution in [0, 0.1) is 11.7 Å². The Bertz CT molecular complexity index is 540. The quantitative estimate of drug-likeness (QED) is 0.686. The van der Waals surface area contributed by atoms with E-state index in [1.807, 2.05) is 0 Å². The third-order valence-electron chi connectivity index (χ3n) is 3.63. The fourth-order valence-corrected chi connectivity index (χ4v) is 2.29. The van der Waals surface area contributed by atoms with E-state index in [2.05, 4.69) is 0 Å². The predicted octanol–water partition coefficient (Wildman–Crippen LogP) is 3.21. The Kier molecular flexibility index (Phi) is 4.11. The van der Waals surface area contributed by atoms with Gasteiger partial charge in [0.2, 0.25) is 0 Å². The van der Waals surface area contributed by atoms with Crippen molar-refractivity contribution in [2.24, 2.45) is 5.92 Å². The molecule has 1 aromatic carbocycles. The molecule has 3 nitrogen and oxygen atoms in total. The van der Waals surface area contributed by atoms with Gasteiger partial charge in [0.25, 0.3) is 5.91 Å². The zero-order valence-corrected chi connectivity index (χ0v) is 11.5. The number of nitrogen functional groups attached to an aromatic ring is 1. The lowest BCUT2D eigenvalue weighted by molar-refractivity contribution is -0.144. The lowest BCUT2D eigenvalue weighted by atomic mass is 10.1. The molecule has 2 rings (SSSR count). The molecule has 2 N–H and O–H groups in total. The van der Waals surface area contributed by atoms with E-state index >= 15 is 0 Å². The molecule has 0 spiro atoms. The summed E-state index contributed by atoms with van der Waals surface area (Å²) in [4.78, 5) is 13.0. The summed E-state index contributed by atoms with van der Waals surface area (Å²) in [7, 11) is 0. The van der Waals surface area contributed by atoms with Gasteiger partial charge in [0.05, 0.1) is 5.56 Å². The van der Waals surface area contributed by atoms with E-state index in [4.69, 9.17) is 5.73 Å². The predicted molar refractivity (Wildman–Crippen MR) is 70.1 cm³/mol. The molecule has 0 aliphatic heterocycles. The van der Waals surface area contributed by atoms with Crippen LogP contribution in [0.4, 0.5) is 23.2 Å². The number of hydrogen-bond donors (Lipinski definition) is 1. The van der Waals surface area contributed by atoms with E-state index in [-0.39, 0.29) is 17.2 Å². The molecule has 7 heteroatoms. The Morgan fingerprint density at radius 2 is 2.05 bits per heavy atom. The molecule has 0 saturated heterocycles. The average Bonchev–Trinajstić information content (AvgIpc) is 3.17. The summed E-state index contributed by atoms with van der Waals surface area (Å²) in [5.74, 6) is -1.81. The molecule has 21 heavy (non-hydrogen) atoms. The lowest BCUT2D eigenvalue weighted by Gasteiger charge is -2.30. The van der Waals surface area contributed by atoms with Crippen LogP contribution in [0.3, 0.4) is 0 Å². The monoisotopic (exact) mass is 304 g/mol. The van der Waals surface area contributed by atoms with Crippen LogP contribution in [0.1, 0.15) is 30.1 Å². The fraction of sp³-hybridized carbons (Fsp3) is 0.500. The van der Waals surface area contributed by atoms with Crippen LogP contribution in [0.2, 0.25) is 0 Å². The minimum absolute atomic E-state index is 0.0492. The minimum Gasteiger partial charge on any atom is -0.399 e. The molecule has 1 aromatic rings. The van der Waals surface area contributed by atoms with Gasteiger partial charge in [0.15, 0.2) is 0 Å². The summed E-state index contributed by atoms with van der Waals surface area (Å²) in [5.41, 5.74) is 5.10. The molecular weight excluding hydrogens is 288 g/mol. The molecular formula is C14H16F4N2O. The highest BCUT2D eigenvalue weighted by Gasteiger charge is 2.41. The van der Waals surface area contributed by atoms with E-state index in [9.17, 15) is 22.4 Å². The Morgan fingerprint density at radius 3 is 2.52 bits per heavy atom. The number of nitrogens with two attached hydrogens (primary N) is 1. The van der Waals surface area contributed by atoms with Crippen molar-refractivity contribution < 1.29 is 22.4 Å².